The van der Waals surface area contributed by atoms with Gasteiger partial charge in [0.15, 0.2) is 0 Å². The Bertz CT molecular complexity index is 1010. The van der Waals surface area contributed by atoms with Crippen LogP contribution >= 0.6 is 0 Å². The van der Waals surface area contributed by atoms with E-state index in [0.29, 0.717) is 17.5 Å². The van der Waals surface area contributed by atoms with Gasteiger partial charge in [0, 0.05) is 31.1 Å². The lowest BCUT2D eigenvalue weighted by Crippen LogP contribution is -2.41. The van der Waals surface area contributed by atoms with Gasteiger partial charge in [0.2, 0.25) is 5.95 Å². The minimum absolute atomic E-state index is 0.290. The number of carbonyl (C=O) groups is 1. The van der Waals surface area contributed by atoms with Gasteiger partial charge in [-0.15, -0.1) is 0 Å². The predicted octanol–water partition coefficient (Wildman–Crippen LogP) is 2.66. The average molecular weight is 410 g/mol. The van der Waals surface area contributed by atoms with Crippen molar-refractivity contribution >= 4 is 23.5 Å². The SMILES string of the molecule is CC(OC(C)(C)C)C(=O)NNc1cc(-c2ccnc(Nc3ccnn3C)n2)ccn1. The highest BCUT2D eigenvalue weighted by Crippen LogP contribution is 2.21. The first-order chi connectivity index (χ1) is 14.2. The summed E-state index contributed by atoms with van der Waals surface area (Å²) in [5.74, 6) is 1.41. The van der Waals surface area contributed by atoms with E-state index in [1.165, 1.54) is 0 Å². The van der Waals surface area contributed by atoms with Gasteiger partial charge in [0.25, 0.3) is 5.91 Å². The van der Waals surface area contributed by atoms with Crippen LogP contribution in [-0.4, -0.2) is 42.3 Å². The minimum Gasteiger partial charge on any atom is -0.363 e. The van der Waals surface area contributed by atoms with Crippen LogP contribution in [0.1, 0.15) is 27.7 Å². The smallest absolute Gasteiger partial charge is 0.267 e. The fourth-order valence-corrected chi connectivity index (χ4v) is 2.66. The molecule has 3 heterocycles. The van der Waals surface area contributed by atoms with Crippen LogP contribution < -0.4 is 16.2 Å². The topological polar surface area (TPSA) is 119 Å². The summed E-state index contributed by atoms with van der Waals surface area (Å²) in [6.45, 7) is 7.39. The molecule has 0 saturated heterocycles. The summed E-state index contributed by atoms with van der Waals surface area (Å²) in [4.78, 5) is 25.2. The van der Waals surface area contributed by atoms with E-state index in [1.807, 2.05) is 40.0 Å². The summed E-state index contributed by atoms with van der Waals surface area (Å²) in [5, 5.41) is 7.23. The lowest BCUT2D eigenvalue weighted by Gasteiger charge is -2.24. The van der Waals surface area contributed by atoms with Gasteiger partial charge in [0.1, 0.15) is 17.7 Å². The van der Waals surface area contributed by atoms with Crippen LogP contribution in [0, 0.1) is 0 Å². The second kappa shape index (κ2) is 8.87. The first-order valence-electron chi connectivity index (χ1n) is 9.49. The third-order valence-corrected chi connectivity index (χ3v) is 3.99. The number of ether oxygens (including phenoxy) is 1. The zero-order valence-electron chi connectivity index (χ0n) is 17.7. The van der Waals surface area contributed by atoms with Gasteiger partial charge in [-0.25, -0.2) is 15.0 Å². The van der Waals surface area contributed by atoms with Crippen molar-refractivity contribution in [2.45, 2.75) is 39.4 Å². The number of nitrogens with zero attached hydrogens (tertiary/aromatic N) is 5. The number of carbonyl (C=O) groups excluding carboxylic acids is 1. The number of amides is 1. The molecule has 0 aliphatic carbocycles. The quantitative estimate of drug-likeness (QED) is 0.509. The van der Waals surface area contributed by atoms with Crippen LogP contribution in [0.2, 0.25) is 0 Å². The van der Waals surface area contributed by atoms with Crippen LogP contribution in [0.3, 0.4) is 0 Å². The van der Waals surface area contributed by atoms with Crippen molar-refractivity contribution in [2.24, 2.45) is 7.05 Å². The molecule has 0 bridgehead atoms. The Kier molecular flexibility index (Phi) is 6.26. The highest BCUT2D eigenvalue weighted by atomic mass is 16.5. The molecule has 3 rings (SSSR count). The summed E-state index contributed by atoms with van der Waals surface area (Å²) >= 11 is 0. The maximum Gasteiger partial charge on any atom is 0.267 e. The van der Waals surface area contributed by atoms with E-state index in [0.717, 1.165) is 11.4 Å². The molecule has 0 saturated carbocycles. The van der Waals surface area contributed by atoms with E-state index in [2.05, 4.69) is 36.2 Å². The maximum absolute atomic E-state index is 12.2. The maximum atomic E-state index is 12.2. The summed E-state index contributed by atoms with van der Waals surface area (Å²) in [6.07, 6.45) is 4.38. The van der Waals surface area contributed by atoms with Crippen LogP contribution in [0.4, 0.5) is 17.6 Å². The number of aromatic nitrogens is 5. The number of rotatable bonds is 7. The van der Waals surface area contributed by atoms with Crippen molar-refractivity contribution in [1.29, 1.82) is 0 Å². The van der Waals surface area contributed by atoms with E-state index in [-0.39, 0.29) is 5.91 Å². The molecule has 1 unspecified atom stereocenters. The van der Waals surface area contributed by atoms with Crippen molar-refractivity contribution in [3.05, 3.63) is 42.9 Å². The molecule has 0 aliphatic rings. The van der Waals surface area contributed by atoms with E-state index in [9.17, 15) is 4.79 Å². The molecular formula is C20H26N8O2. The van der Waals surface area contributed by atoms with Gasteiger partial charge in [-0.3, -0.25) is 20.3 Å². The molecule has 0 fully saturated rings. The third kappa shape index (κ3) is 5.74. The van der Waals surface area contributed by atoms with Crippen molar-refractivity contribution in [3.8, 4) is 11.3 Å². The number of nitrogens with one attached hydrogen (secondary N) is 3. The molecule has 1 amide bonds. The van der Waals surface area contributed by atoms with Crippen molar-refractivity contribution in [1.82, 2.24) is 30.2 Å². The molecule has 0 aliphatic heterocycles. The molecule has 0 spiro atoms. The predicted molar refractivity (Wildman–Crippen MR) is 114 cm³/mol. The van der Waals surface area contributed by atoms with E-state index < -0.39 is 11.7 Å². The second-order valence-corrected chi connectivity index (χ2v) is 7.65. The molecule has 10 heteroatoms. The Morgan fingerprint density at radius 1 is 1.13 bits per heavy atom. The van der Waals surface area contributed by atoms with Crippen molar-refractivity contribution in [2.75, 3.05) is 10.7 Å². The number of hydrogen-bond acceptors (Lipinski definition) is 8. The monoisotopic (exact) mass is 410 g/mol. The van der Waals surface area contributed by atoms with Crippen LogP contribution in [0.15, 0.2) is 42.9 Å². The van der Waals surface area contributed by atoms with E-state index in [4.69, 9.17) is 4.74 Å². The van der Waals surface area contributed by atoms with Gasteiger partial charge in [-0.1, -0.05) is 0 Å². The lowest BCUT2D eigenvalue weighted by molar-refractivity contribution is -0.139. The largest absolute Gasteiger partial charge is 0.363 e. The Hall–Kier alpha value is -3.53. The third-order valence-electron chi connectivity index (χ3n) is 3.99. The number of anilines is 3. The highest BCUT2D eigenvalue weighted by molar-refractivity contribution is 5.81. The zero-order valence-corrected chi connectivity index (χ0v) is 17.7. The number of pyridine rings is 1. The van der Waals surface area contributed by atoms with Gasteiger partial charge in [-0.05, 0) is 45.9 Å². The minimum atomic E-state index is -0.608. The van der Waals surface area contributed by atoms with Crippen LogP contribution in [0.5, 0.6) is 0 Å². The van der Waals surface area contributed by atoms with Crippen LogP contribution in [-0.2, 0) is 16.6 Å². The standard InChI is InChI=1S/C20H26N8O2/c1-13(30-20(2,3)4)18(29)27-26-16-12-14(6-9-21-16)15-7-10-22-19(24-15)25-17-8-11-23-28(17)5/h6-13H,1-5H3,(H,21,26)(H,27,29)(H,22,24,25). The average Bonchev–Trinajstić information content (AvgIpc) is 3.09. The number of aryl methyl sites for hydroxylation is 1. The molecule has 158 valence electrons. The van der Waals surface area contributed by atoms with Crippen molar-refractivity contribution in [3.63, 3.8) is 0 Å². The lowest BCUT2D eigenvalue weighted by atomic mass is 10.2. The molecule has 10 nitrogen and oxygen atoms in total. The molecule has 0 aromatic carbocycles. The fraction of sp³-hybridized carbons (Fsp3) is 0.350. The Morgan fingerprint density at radius 2 is 1.90 bits per heavy atom. The molecule has 3 aromatic heterocycles. The van der Waals surface area contributed by atoms with E-state index >= 15 is 0 Å². The first kappa shape index (κ1) is 21.2. The van der Waals surface area contributed by atoms with Gasteiger partial charge >= 0.3 is 0 Å². The molecule has 1 atom stereocenters. The fourth-order valence-electron chi connectivity index (χ4n) is 2.66. The summed E-state index contributed by atoms with van der Waals surface area (Å²) < 4.78 is 7.33. The summed E-state index contributed by atoms with van der Waals surface area (Å²) in [7, 11) is 1.83. The second-order valence-electron chi connectivity index (χ2n) is 7.65. The van der Waals surface area contributed by atoms with Gasteiger partial charge in [-0.2, -0.15) is 5.10 Å². The Morgan fingerprint density at radius 3 is 2.60 bits per heavy atom. The normalized spacial score (nSPS) is 12.3. The van der Waals surface area contributed by atoms with Crippen molar-refractivity contribution < 1.29 is 9.53 Å². The Labute approximate surface area is 175 Å². The first-order valence-corrected chi connectivity index (χ1v) is 9.49. The molecular weight excluding hydrogens is 384 g/mol. The molecule has 3 aromatic rings. The molecule has 30 heavy (non-hydrogen) atoms. The van der Waals surface area contributed by atoms with Gasteiger partial charge < -0.3 is 10.1 Å². The summed E-state index contributed by atoms with van der Waals surface area (Å²) in [5.41, 5.74) is 6.54. The number of hydrogen-bond donors (Lipinski definition) is 3. The Balaban J connectivity index is 1.67. The highest BCUT2D eigenvalue weighted by Gasteiger charge is 2.21. The molecule has 0 radical (unpaired) electrons. The van der Waals surface area contributed by atoms with Gasteiger partial charge in [0.05, 0.1) is 17.5 Å². The van der Waals surface area contributed by atoms with Crippen LogP contribution in [0.25, 0.3) is 11.3 Å². The number of hydrazine groups is 1. The molecule has 3 N–H and O–H groups in total. The summed E-state index contributed by atoms with van der Waals surface area (Å²) in [6, 6.07) is 7.24. The zero-order chi connectivity index (χ0) is 21.7. The van der Waals surface area contributed by atoms with E-state index in [1.54, 1.807) is 42.3 Å².